The van der Waals surface area contributed by atoms with E-state index in [1.165, 1.54) is 36.0 Å². The second-order valence-electron chi connectivity index (χ2n) is 7.20. The molecule has 0 radical (unpaired) electrons. The average Bonchev–Trinajstić information content (AvgIpc) is 3.12. The van der Waals surface area contributed by atoms with Crippen LogP contribution in [0.15, 0.2) is 52.4 Å². The van der Waals surface area contributed by atoms with Crippen LogP contribution < -0.4 is 14.8 Å². The van der Waals surface area contributed by atoms with Gasteiger partial charge in [-0.2, -0.15) is 0 Å². The van der Waals surface area contributed by atoms with Gasteiger partial charge in [0.2, 0.25) is 0 Å². The Morgan fingerprint density at radius 2 is 1.90 bits per heavy atom. The van der Waals surface area contributed by atoms with E-state index in [0.717, 1.165) is 12.0 Å². The van der Waals surface area contributed by atoms with Crippen molar-refractivity contribution in [1.29, 1.82) is 0 Å². The van der Waals surface area contributed by atoms with E-state index in [-0.39, 0.29) is 23.5 Å². The fourth-order valence-electron chi connectivity index (χ4n) is 2.70. The summed E-state index contributed by atoms with van der Waals surface area (Å²) in [7, 11) is -3.31. The van der Waals surface area contributed by atoms with E-state index in [1.54, 1.807) is 25.1 Å². The number of aliphatic hydroxyl groups is 1. The first-order valence-corrected chi connectivity index (χ1v) is 12.4. The second-order valence-corrected chi connectivity index (χ2v) is 10.2. The molecule has 0 saturated heterocycles. The molecule has 0 saturated carbocycles. The van der Waals surface area contributed by atoms with E-state index in [2.05, 4.69) is 10.3 Å². The Labute approximate surface area is 185 Å². The molecule has 0 bridgehead atoms. The minimum absolute atomic E-state index is 0.147. The number of ether oxygens (including phenoxy) is 2. The molecule has 2 N–H and O–H groups in total. The maximum atomic E-state index is 12.7. The third kappa shape index (κ3) is 6.46. The SMILES string of the molecule is CC1CSC(NC(=O)c2cc(Oc3ccc(S(C)(=O)=O)cc3)cc(O[C@@H](C)CO)c2)=N1. The molecule has 8 nitrogen and oxygen atoms in total. The highest BCUT2D eigenvalue weighted by atomic mass is 32.2. The van der Waals surface area contributed by atoms with Crippen molar-refractivity contribution in [2.75, 3.05) is 18.6 Å². The number of benzene rings is 2. The number of amidine groups is 1. The molecule has 1 unspecified atom stereocenters. The van der Waals surface area contributed by atoms with Gasteiger partial charge in [-0.15, -0.1) is 0 Å². The van der Waals surface area contributed by atoms with Crippen molar-refractivity contribution in [1.82, 2.24) is 5.32 Å². The highest BCUT2D eigenvalue weighted by molar-refractivity contribution is 8.14. The summed E-state index contributed by atoms with van der Waals surface area (Å²) in [6.07, 6.45) is 0.653. The number of hydrogen-bond acceptors (Lipinski definition) is 8. The Balaban J connectivity index is 1.86. The molecule has 0 fully saturated rings. The van der Waals surface area contributed by atoms with Crippen LogP contribution in [0.4, 0.5) is 0 Å². The van der Waals surface area contributed by atoms with Crippen LogP contribution in [0, 0.1) is 0 Å². The molecular formula is C21H24N2O6S2. The predicted molar refractivity (Wildman–Crippen MR) is 120 cm³/mol. The molecule has 1 heterocycles. The van der Waals surface area contributed by atoms with Crippen LogP contribution in [-0.2, 0) is 9.84 Å². The minimum Gasteiger partial charge on any atom is -0.488 e. The van der Waals surface area contributed by atoms with Crippen molar-refractivity contribution < 1.29 is 27.8 Å². The van der Waals surface area contributed by atoms with Crippen LogP contribution in [0.2, 0.25) is 0 Å². The summed E-state index contributed by atoms with van der Waals surface area (Å²) in [4.78, 5) is 17.3. The summed E-state index contributed by atoms with van der Waals surface area (Å²) in [5.41, 5.74) is 0.299. The number of nitrogens with one attached hydrogen (secondary N) is 1. The van der Waals surface area contributed by atoms with Gasteiger partial charge in [-0.05, 0) is 50.2 Å². The first-order chi connectivity index (χ1) is 14.6. The fourth-order valence-corrected chi connectivity index (χ4v) is 4.23. The number of carbonyl (C=O) groups is 1. The lowest BCUT2D eigenvalue weighted by Gasteiger charge is -2.15. The third-order valence-electron chi connectivity index (χ3n) is 4.24. The van der Waals surface area contributed by atoms with Gasteiger partial charge >= 0.3 is 0 Å². The molecule has 0 spiro atoms. The van der Waals surface area contributed by atoms with E-state index < -0.39 is 15.9 Å². The number of hydrogen-bond donors (Lipinski definition) is 2. The van der Waals surface area contributed by atoms with Gasteiger partial charge < -0.3 is 19.9 Å². The van der Waals surface area contributed by atoms with E-state index in [0.29, 0.717) is 28.0 Å². The highest BCUT2D eigenvalue weighted by Crippen LogP contribution is 2.29. The summed E-state index contributed by atoms with van der Waals surface area (Å²) < 4.78 is 34.7. The Bertz CT molecular complexity index is 1080. The number of amides is 1. The summed E-state index contributed by atoms with van der Waals surface area (Å²) in [6, 6.07) is 10.8. The summed E-state index contributed by atoms with van der Waals surface area (Å²) >= 11 is 1.48. The van der Waals surface area contributed by atoms with Gasteiger partial charge in [-0.1, -0.05) is 11.8 Å². The number of aliphatic imine (C=N–C) groups is 1. The van der Waals surface area contributed by atoms with Gasteiger partial charge in [0, 0.05) is 23.6 Å². The number of rotatable bonds is 7. The molecule has 2 aromatic rings. The predicted octanol–water partition coefficient (Wildman–Crippen LogP) is 2.86. The smallest absolute Gasteiger partial charge is 0.257 e. The number of thioether (sulfide) groups is 1. The Morgan fingerprint density at radius 1 is 1.23 bits per heavy atom. The monoisotopic (exact) mass is 464 g/mol. The number of nitrogens with zero attached hydrogens (tertiary/aromatic N) is 1. The van der Waals surface area contributed by atoms with Crippen LogP contribution in [0.1, 0.15) is 24.2 Å². The minimum atomic E-state index is -3.31. The van der Waals surface area contributed by atoms with Crippen molar-refractivity contribution in [3.8, 4) is 17.2 Å². The maximum absolute atomic E-state index is 12.7. The number of aliphatic hydroxyl groups excluding tert-OH is 1. The first kappa shape index (κ1) is 23.1. The van der Waals surface area contributed by atoms with Gasteiger partial charge in [0.15, 0.2) is 15.0 Å². The van der Waals surface area contributed by atoms with Crippen LogP contribution in [0.3, 0.4) is 0 Å². The molecule has 1 aliphatic heterocycles. The lowest BCUT2D eigenvalue weighted by molar-refractivity contribution is 0.0975. The maximum Gasteiger partial charge on any atom is 0.257 e. The fraction of sp³-hybridized carbons (Fsp3) is 0.333. The van der Waals surface area contributed by atoms with Gasteiger partial charge in [-0.25, -0.2) is 8.42 Å². The summed E-state index contributed by atoms with van der Waals surface area (Å²) in [5.74, 6) is 1.53. The summed E-state index contributed by atoms with van der Waals surface area (Å²) in [6.45, 7) is 3.48. The van der Waals surface area contributed by atoms with Gasteiger partial charge in [-0.3, -0.25) is 9.79 Å². The highest BCUT2D eigenvalue weighted by Gasteiger charge is 2.19. The lowest BCUT2D eigenvalue weighted by Crippen LogP contribution is -2.27. The largest absolute Gasteiger partial charge is 0.488 e. The molecule has 2 aromatic carbocycles. The van der Waals surface area contributed by atoms with Crippen molar-refractivity contribution in [2.24, 2.45) is 4.99 Å². The van der Waals surface area contributed by atoms with Crippen molar-refractivity contribution >= 4 is 32.7 Å². The topological polar surface area (TPSA) is 114 Å². The van der Waals surface area contributed by atoms with E-state index in [4.69, 9.17) is 9.47 Å². The van der Waals surface area contributed by atoms with Crippen LogP contribution in [0.5, 0.6) is 17.2 Å². The average molecular weight is 465 g/mol. The molecule has 1 aliphatic rings. The van der Waals surface area contributed by atoms with Crippen LogP contribution in [0.25, 0.3) is 0 Å². The molecule has 1 amide bonds. The van der Waals surface area contributed by atoms with Crippen molar-refractivity contribution in [2.45, 2.75) is 30.9 Å². The first-order valence-electron chi connectivity index (χ1n) is 9.56. The van der Waals surface area contributed by atoms with Gasteiger partial charge in [0.05, 0.1) is 17.5 Å². The molecule has 0 aromatic heterocycles. The molecule has 166 valence electrons. The molecule has 0 aliphatic carbocycles. The van der Waals surface area contributed by atoms with E-state index >= 15 is 0 Å². The van der Waals surface area contributed by atoms with Crippen LogP contribution >= 0.6 is 11.8 Å². The Morgan fingerprint density at radius 3 is 2.48 bits per heavy atom. The van der Waals surface area contributed by atoms with E-state index in [9.17, 15) is 18.3 Å². The van der Waals surface area contributed by atoms with Gasteiger partial charge in [0.1, 0.15) is 23.4 Å². The normalized spacial score (nSPS) is 17.0. The van der Waals surface area contributed by atoms with Crippen LogP contribution in [-0.4, -0.2) is 55.4 Å². The van der Waals surface area contributed by atoms with E-state index in [1.807, 2.05) is 6.92 Å². The molecular weight excluding hydrogens is 440 g/mol. The molecule has 10 heteroatoms. The summed E-state index contributed by atoms with van der Waals surface area (Å²) in [5, 5.41) is 12.6. The quantitative estimate of drug-likeness (QED) is 0.648. The number of carbonyl (C=O) groups excluding carboxylic acids is 1. The third-order valence-corrected chi connectivity index (χ3v) is 6.50. The molecule has 2 atom stereocenters. The Hall–Kier alpha value is -2.56. The second kappa shape index (κ2) is 9.71. The lowest BCUT2D eigenvalue weighted by atomic mass is 10.2. The Kier molecular flexibility index (Phi) is 7.24. The van der Waals surface area contributed by atoms with Crippen molar-refractivity contribution in [3.63, 3.8) is 0 Å². The van der Waals surface area contributed by atoms with Gasteiger partial charge in [0.25, 0.3) is 5.91 Å². The number of sulfone groups is 1. The zero-order chi connectivity index (χ0) is 22.6. The standard InChI is InChI=1S/C21H24N2O6S2/c1-13-12-30-21(22-13)23-20(25)15-8-17(28-14(2)11-24)10-18(9-15)29-16-4-6-19(7-5-16)31(3,26)27/h4-10,13-14,24H,11-12H2,1-3H3,(H,22,23,25)/t13?,14-/m0/s1. The zero-order valence-corrected chi connectivity index (χ0v) is 19.0. The molecule has 3 rings (SSSR count). The zero-order valence-electron chi connectivity index (χ0n) is 17.4. The van der Waals surface area contributed by atoms with Crippen molar-refractivity contribution in [3.05, 3.63) is 48.0 Å². The molecule has 31 heavy (non-hydrogen) atoms.